The largest absolute Gasteiger partial charge is 0.455 e. The highest BCUT2D eigenvalue weighted by Crippen LogP contribution is 2.40. The third-order valence-corrected chi connectivity index (χ3v) is 10.4. The molecule has 1 atom stereocenters. The second-order valence-corrected chi connectivity index (χ2v) is 13.4. The van der Waals surface area contributed by atoms with Gasteiger partial charge < -0.3 is 14.3 Å². The van der Waals surface area contributed by atoms with Crippen LogP contribution >= 0.6 is 0 Å². The average molecular weight is 667 g/mol. The number of para-hydroxylation sites is 3. The molecule has 1 aliphatic heterocycles. The van der Waals surface area contributed by atoms with Gasteiger partial charge in [-0.2, -0.15) is 0 Å². The van der Waals surface area contributed by atoms with E-state index in [-0.39, 0.29) is 0 Å². The summed E-state index contributed by atoms with van der Waals surface area (Å²) in [5, 5.41) is 13.0. The van der Waals surface area contributed by atoms with Crippen molar-refractivity contribution < 1.29 is 4.42 Å². The molecule has 0 aliphatic carbocycles. The summed E-state index contributed by atoms with van der Waals surface area (Å²) in [6.45, 7) is 0. The van der Waals surface area contributed by atoms with Crippen LogP contribution in [0.3, 0.4) is 0 Å². The van der Waals surface area contributed by atoms with E-state index in [1.807, 2.05) is 36.4 Å². The van der Waals surface area contributed by atoms with E-state index in [9.17, 15) is 0 Å². The Bertz CT molecular complexity index is 3110. The first-order valence-electron chi connectivity index (χ1n) is 17.6. The Labute approximate surface area is 298 Å². The number of benzene rings is 8. The van der Waals surface area contributed by atoms with Crippen LogP contribution in [0.2, 0.25) is 0 Å². The second kappa shape index (κ2) is 11.3. The van der Waals surface area contributed by atoms with Crippen LogP contribution in [-0.2, 0) is 0 Å². The van der Waals surface area contributed by atoms with E-state index in [1.165, 1.54) is 32.4 Å². The number of rotatable bonds is 4. The van der Waals surface area contributed by atoms with Gasteiger partial charge in [0.1, 0.15) is 22.8 Å². The molecule has 0 fully saturated rings. The molecule has 8 aromatic carbocycles. The van der Waals surface area contributed by atoms with Gasteiger partial charge in [0, 0.05) is 38.1 Å². The molecule has 11 rings (SSSR count). The Morgan fingerprint density at radius 1 is 0.500 bits per heavy atom. The highest BCUT2D eigenvalue weighted by Gasteiger charge is 2.25. The van der Waals surface area contributed by atoms with Gasteiger partial charge in [0.15, 0.2) is 6.17 Å². The lowest BCUT2D eigenvalue weighted by molar-refractivity contribution is 0.667. The molecular formula is C47H30N4O. The molecule has 1 N–H and O–H groups in total. The first-order valence-corrected chi connectivity index (χ1v) is 17.6. The average Bonchev–Trinajstić information content (AvgIpc) is 3.77. The molecule has 244 valence electrons. The van der Waals surface area contributed by atoms with Crippen LogP contribution in [0.15, 0.2) is 184 Å². The first kappa shape index (κ1) is 28.8. The van der Waals surface area contributed by atoms with Crippen LogP contribution in [-0.4, -0.2) is 16.2 Å². The molecule has 10 aromatic rings. The van der Waals surface area contributed by atoms with Gasteiger partial charge in [-0.1, -0.05) is 133 Å². The maximum Gasteiger partial charge on any atom is 0.169 e. The van der Waals surface area contributed by atoms with Crippen molar-refractivity contribution in [1.82, 2.24) is 9.88 Å². The molecule has 0 saturated heterocycles. The van der Waals surface area contributed by atoms with Gasteiger partial charge in [-0.05, 0) is 52.6 Å². The fourth-order valence-electron chi connectivity index (χ4n) is 8.06. The van der Waals surface area contributed by atoms with Crippen molar-refractivity contribution in [2.45, 2.75) is 6.17 Å². The molecule has 2 aromatic heterocycles. The first-order chi connectivity index (χ1) is 25.8. The van der Waals surface area contributed by atoms with Crippen LogP contribution < -0.4 is 5.32 Å². The summed E-state index contributed by atoms with van der Waals surface area (Å²) < 4.78 is 8.91. The molecular weight excluding hydrogens is 637 g/mol. The summed E-state index contributed by atoms with van der Waals surface area (Å²) in [6.07, 6.45) is -0.511. The molecule has 3 heterocycles. The van der Waals surface area contributed by atoms with Crippen LogP contribution in [0.4, 0.5) is 0 Å². The summed E-state index contributed by atoms with van der Waals surface area (Å²) in [6, 6.07) is 59.8. The normalized spacial score (nSPS) is 14.7. The molecule has 52 heavy (non-hydrogen) atoms. The second-order valence-electron chi connectivity index (χ2n) is 13.4. The Hall–Kier alpha value is -6.98. The minimum absolute atomic E-state index is 0.511. The van der Waals surface area contributed by atoms with Crippen molar-refractivity contribution in [1.29, 1.82) is 0 Å². The monoisotopic (exact) mass is 666 g/mol. The summed E-state index contributed by atoms with van der Waals surface area (Å²) in [5.74, 6) is 1.49. The van der Waals surface area contributed by atoms with Crippen LogP contribution in [0.25, 0.3) is 71.0 Å². The van der Waals surface area contributed by atoms with E-state index in [4.69, 9.17) is 14.4 Å². The highest BCUT2D eigenvalue weighted by molar-refractivity contribution is 6.23. The quantitative estimate of drug-likeness (QED) is 0.203. The molecule has 0 amide bonds. The van der Waals surface area contributed by atoms with E-state index >= 15 is 0 Å². The minimum atomic E-state index is -0.511. The highest BCUT2D eigenvalue weighted by atomic mass is 16.3. The Kier molecular flexibility index (Phi) is 6.25. The summed E-state index contributed by atoms with van der Waals surface area (Å²) >= 11 is 0. The van der Waals surface area contributed by atoms with E-state index in [2.05, 4.69) is 143 Å². The SMILES string of the molecule is c1ccc(C2=NC(c3cc(-n4c5ccccc5c5c6ccccc6ccc54)c4ccccc4c3)N=C(c3cccc4c3oc3ccccc34)N2)cc1. The Balaban J connectivity index is 1.17. The lowest BCUT2D eigenvalue weighted by atomic mass is 10.0. The molecule has 0 bridgehead atoms. The number of aromatic nitrogens is 1. The van der Waals surface area contributed by atoms with Crippen LogP contribution in [0.1, 0.15) is 22.9 Å². The molecule has 1 unspecified atom stereocenters. The fraction of sp³-hybridized carbons (Fsp3) is 0.0213. The van der Waals surface area contributed by atoms with Gasteiger partial charge in [0.25, 0.3) is 0 Å². The van der Waals surface area contributed by atoms with Crippen molar-refractivity contribution in [3.63, 3.8) is 0 Å². The molecule has 5 nitrogen and oxygen atoms in total. The summed E-state index contributed by atoms with van der Waals surface area (Å²) in [5.41, 5.74) is 7.99. The third kappa shape index (κ3) is 4.36. The summed E-state index contributed by atoms with van der Waals surface area (Å²) in [4.78, 5) is 10.7. The fourth-order valence-corrected chi connectivity index (χ4v) is 8.06. The maximum atomic E-state index is 6.49. The number of hydrogen-bond acceptors (Lipinski definition) is 4. The van der Waals surface area contributed by atoms with Gasteiger partial charge in [0.2, 0.25) is 0 Å². The number of amidine groups is 2. The molecule has 5 heteroatoms. The zero-order valence-electron chi connectivity index (χ0n) is 28.0. The van der Waals surface area contributed by atoms with Gasteiger partial charge in [-0.15, -0.1) is 0 Å². The van der Waals surface area contributed by atoms with Crippen LogP contribution in [0.5, 0.6) is 0 Å². The number of fused-ring (bicyclic) bond motifs is 9. The lowest BCUT2D eigenvalue weighted by Crippen LogP contribution is -2.36. The van der Waals surface area contributed by atoms with Crippen molar-refractivity contribution in [3.8, 4) is 5.69 Å². The predicted molar refractivity (Wildman–Crippen MR) is 215 cm³/mol. The Morgan fingerprint density at radius 2 is 1.19 bits per heavy atom. The number of hydrogen-bond donors (Lipinski definition) is 1. The lowest BCUT2D eigenvalue weighted by Gasteiger charge is -2.23. The van der Waals surface area contributed by atoms with Gasteiger partial charge >= 0.3 is 0 Å². The number of aliphatic imine (C=N–C) groups is 2. The molecule has 0 saturated carbocycles. The molecule has 0 radical (unpaired) electrons. The topological polar surface area (TPSA) is 54.8 Å². The molecule has 1 aliphatic rings. The minimum Gasteiger partial charge on any atom is -0.455 e. The van der Waals surface area contributed by atoms with E-state index in [0.29, 0.717) is 0 Å². The molecule has 0 spiro atoms. The predicted octanol–water partition coefficient (Wildman–Crippen LogP) is 11.5. The third-order valence-electron chi connectivity index (χ3n) is 10.4. The smallest absolute Gasteiger partial charge is 0.169 e. The number of nitrogens with zero attached hydrogens (tertiary/aromatic N) is 3. The summed E-state index contributed by atoms with van der Waals surface area (Å²) in [7, 11) is 0. The van der Waals surface area contributed by atoms with Gasteiger partial charge in [0.05, 0.1) is 22.3 Å². The number of furan rings is 1. The van der Waals surface area contributed by atoms with Crippen molar-refractivity contribution in [3.05, 3.63) is 187 Å². The van der Waals surface area contributed by atoms with E-state index in [1.54, 1.807) is 0 Å². The maximum absolute atomic E-state index is 6.49. The van der Waals surface area contributed by atoms with E-state index in [0.717, 1.165) is 66.9 Å². The van der Waals surface area contributed by atoms with E-state index < -0.39 is 6.17 Å². The van der Waals surface area contributed by atoms with Crippen molar-refractivity contribution >= 4 is 77.0 Å². The standard InChI is InChI=1S/C47H30N4O/c1-2-14-30(15-3-1)45-48-46(50-47(49-45)38-22-12-21-36-35-19-9-11-24-42(35)52-44(36)38)32-27-31-16-5-6-17-33(31)41(28-32)51-39-23-10-8-20-37(39)43-34-18-7-4-13-29(34)25-26-40(43)51/h1-28,46H,(H,48,49,50). The zero-order valence-corrected chi connectivity index (χ0v) is 28.0. The van der Waals surface area contributed by atoms with Crippen molar-refractivity contribution in [2.75, 3.05) is 0 Å². The van der Waals surface area contributed by atoms with Gasteiger partial charge in [-0.25, -0.2) is 9.98 Å². The number of nitrogens with one attached hydrogen (secondary N) is 1. The zero-order chi connectivity index (χ0) is 34.2. The Morgan fingerprint density at radius 3 is 2.08 bits per heavy atom. The van der Waals surface area contributed by atoms with Crippen molar-refractivity contribution in [2.24, 2.45) is 9.98 Å². The van der Waals surface area contributed by atoms with Crippen LogP contribution in [0, 0.1) is 0 Å². The van der Waals surface area contributed by atoms with Gasteiger partial charge in [-0.3, -0.25) is 0 Å².